The summed E-state index contributed by atoms with van der Waals surface area (Å²) in [5.74, 6) is 1.16. The Balaban J connectivity index is 1.44. The van der Waals surface area contributed by atoms with Crippen molar-refractivity contribution in [3.05, 3.63) is 29.5 Å². The maximum Gasteiger partial charge on any atom is 0.129 e. The van der Waals surface area contributed by atoms with Crippen molar-refractivity contribution in [2.24, 2.45) is 0 Å². The second-order valence-electron chi connectivity index (χ2n) is 6.36. The third-order valence-corrected chi connectivity index (χ3v) is 4.84. The van der Waals surface area contributed by atoms with Gasteiger partial charge >= 0.3 is 0 Å². The van der Waals surface area contributed by atoms with Crippen molar-refractivity contribution in [3.63, 3.8) is 0 Å². The number of hydrogen-bond donors (Lipinski definition) is 0. The molecule has 0 atom stereocenters. The fourth-order valence-corrected chi connectivity index (χ4v) is 3.21. The molecule has 1 aromatic heterocycles. The number of pyridine rings is 1. The smallest absolute Gasteiger partial charge is 0.129 e. The fraction of sp³-hybridized carbons (Fsp3) is 0.588. The van der Waals surface area contributed by atoms with Crippen LogP contribution in [0.3, 0.4) is 0 Å². The summed E-state index contributed by atoms with van der Waals surface area (Å²) < 4.78 is 0. The number of hydrogen-bond acceptors (Lipinski definition) is 3. The van der Waals surface area contributed by atoms with Gasteiger partial charge in [-0.25, -0.2) is 4.98 Å². The summed E-state index contributed by atoms with van der Waals surface area (Å²) in [5, 5.41) is 0. The van der Waals surface area contributed by atoms with E-state index in [2.05, 4.69) is 33.0 Å². The molecule has 2 aliphatic carbocycles. The number of nitrogens with zero attached hydrogens (tertiary/aromatic N) is 3. The van der Waals surface area contributed by atoms with Crippen LogP contribution in [0.5, 0.6) is 0 Å². The van der Waals surface area contributed by atoms with Crippen LogP contribution in [0.4, 0.5) is 5.82 Å². The van der Waals surface area contributed by atoms with E-state index in [1.165, 1.54) is 50.8 Å². The van der Waals surface area contributed by atoms with E-state index in [-0.39, 0.29) is 0 Å². The van der Waals surface area contributed by atoms with Crippen molar-refractivity contribution in [1.82, 2.24) is 9.88 Å². The molecule has 1 aromatic rings. The number of rotatable bonds is 3. The molecule has 106 valence electrons. The van der Waals surface area contributed by atoms with Gasteiger partial charge in [0.15, 0.2) is 0 Å². The highest BCUT2D eigenvalue weighted by atomic mass is 15.3. The van der Waals surface area contributed by atoms with Crippen LogP contribution in [-0.4, -0.2) is 42.1 Å². The Morgan fingerprint density at radius 1 is 1.10 bits per heavy atom. The van der Waals surface area contributed by atoms with Crippen molar-refractivity contribution >= 4 is 11.9 Å². The van der Waals surface area contributed by atoms with Gasteiger partial charge in [0.25, 0.3) is 0 Å². The van der Waals surface area contributed by atoms with Crippen molar-refractivity contribution in [3.8, 4) is 0 Å². The van der Waals surface area contributed by atoms with Crippen LogP contribution in [0.15, 0.2) is 23.9 Å². The summed E-state index contributed by atoms with van der Waals surface area (Å²) in [7, 11) is 0. The van der Waals surface area contributed by atoms with Gasteiger partial charge in [-0.1, -0.05) is 11.6 Å². The lowest BCUT2D eigenvalue weighted by Gasteiger charge is -2.35. The van der Waals surface area contributed by atoms with Crippen LogP contribution in [0.25, 0.3) is 6.08 Å². The van der Waals surface area contributed by atoms with E-state index in [9.17, 15) is 0 Å². The first-order valence-corrected chi connectivity index (χ1v) is 8.03. The van der Waals surface area contributed by atoms with E-state index < -0.39 is 0 Å². The zero-order chi connectivity index (χ0) is 13.4. The second-order valence-corrected chi connectivity index (χ2v) is 6.36. The first-order chi connectivity index (χ1) is 9.88. The number of aromatic nitrogens is 1. The van der Waals surface area contributed by atoms with E-state index >= 15 is 0 Å². The quantitative estimate of drug-likeness (QED) is 0.841. The highest BCUT2D eigenvalue weighted by molar-refractivity contribution is 5.58. The minimum Gasteiger partial charge on any atom is -0.354 e. The molecule has 1 saturated heterocycles. The monoisotopic (exact) mass is 269 g/mol. The molecule has 4 rings (SSSR count). The van der Waals surface area contributed by atoms with Crippen LogP contribution < -0.4 is 4.90 Å². The minimum absolute atomic E-state index is 0.903. The SMILES string of the molecule is C(=C1CCC1)c1ccnc(N2CCN(C3CC3)CC2)c1. The molecule has 2 heterocycles. The van der Waals surface area contributed by atoms with Gasteiger partial charge < -0.3 is 4.90 Å². The molecule has 0 radical (unpaired) electrons. The first-order valence-electron chi connectivity index (χ1n) is 8.03. The van der Waals surface area contributed by atoms with Gasteiger partial charge in [-0.05, 0) is 49.8 Å². The summed E-state index contributed by atoms with van der Waals surface area (Å²) in [4.78, 5) is 9.67. The molecule has 0 N–H and O–H groups in total. The summed E-state index contributed by atoms with van der Waals surface area (Å²) in [6.45, 7) is 4.67. The normalized spacial score (nSPS) is 23.6. The lowest BCUT2D eigenvalue weighted by Crippen LogP contribution is -2.47. The summed E-state index contributed by atoms with van der Waals surface area (Å²) in [5.41, 5.74) is 2.93. The molecule has 3 nitrogen and oxygen atoms in total. The van der Waals surface area contributed by atoms with Crippen LogP contribution in [0.1, 0.15) is 37.7 Å². The average Bonchev–Trinajstić information content (AvgIpc) is 3.28. The Kier molecular flexibility index (Phi) is 3.23. The molecule has 2 saturated carbocycles. The van der Waals surface area contributed by atoms with Gasteiger partial charge in [0.1, 0.15) is 5.82 Å². The predicted molar refractivity (Wildman–Crippen MR) is 82.9 cm³/mol. The Morgan fingerprint density at radius 2 is 1.90 bits per heavy atom. The zero-order valence-electron chi connectivity index (χ0n) is 12.1. The van der Waals surface area contributed by atoms with Crippen LogP contribution in [-0.2, 0) is 0 Å². The zero-order valence-corrected chi connectivity index (χ0v) is 12.1. The highest BCUT2D eigenvalue weighted by Gasteiger charge is 2.31. The molecule has 0 amide bonds. The molecule has 0 bridgehead atoms. The van der Waals surface area contributed by atoms with Crippen LogP contribution in [0.2, 0.25) is 0 Å². The Bertz CT molecular complexity index is 505. The Labute approximate surface area is 121 Å². The predicted octanol–water partition coefficient (Wildman–Crippen LogP) is 2.93. The maximum absolute atomic E-state index is 4.58. The highest BCUT2D eigenvalue weighted by Crippen LogP contribution is 2.29. The van der Waals surface area contributed by atoms with Gasteiger partial charge in [-0.15, -0.1) is 0 Å². The van der Waals surface area contributed by atoms with Gasteiger partial charge in [0.2, 0.25) is 0 Å². The Morgan fingerprint density at radius 3 is 2.55 bits per heavy atom. The summed E-state index contributed by atoms with van der Waals surface area (Å²) in [6, 6.07) is 5.30. The number of allylic oxidation sites excluding steroid dienone is 1. The molecular formula is C17H23N3. The molecule has 0 unspecified atom stereocenters. The van der Waals surface area contributed by atoms with E-state index in [4.69, 9.17) is 0 Å². The molecule has 3 aliphatic rings. The maximum atomic E-state index is 4.58. The van der Waals surface area contributed by atoms with Gasteiger partial charge in [-0.3, -0.25) is 4.90 Å². The lowest BCUT2D eigenvalue weighted by atomic mass is 9.91. The molecule has 3 fully saturated rings. The van der Waals surface area contributed by atoms with E-state index in [0.29, 0.717) is 0 Å². The van der Waals surface area contributed by atoms with E-state index in [1.54, 1.807) is 5.57 Å². The van der Waals surface area contributed by atoms with Crippen molar-refractivity contribution in [2.45, 2.75) is 38.1 Å². The summed E-state index contributed by atoms with van der Waals surface area (Å²) >= 11 is 0. The third kappa shape index (κ3) is 2.59. The van der Waals surface area contributed by atoms with Gasteiger partial charge in [0.05, 0.1) is 0 Å². The molecule has 20 heavy (non-hydrogen) atoms. The molecule has 1 aliphatic heterocycles. The van der Waals surface area contributed by atoms with Crippen LogP contribution in [0, 0.1) is 0 Å². The van der Waals surface area contributed by atoms with Crippen molar-refractivity contribution in [1.29, 1.82) is 0 Å². The lowest BCUT2D eigenvalue weighted by molar-refractivity contribution is 0.247. The van der Waals surface area contributed by atoms with Crippen molar-refractivity contribution in [2.75, 3.05) is 31.1 Å². The fourth-order valence-electron chi connectivity index (χ4n) is 3.21. The molecule has 0 spiro atoms. The topological polar surface area (TPSA) is 19.4 Å². The third-order valence-electron chi connectivity index (χ3n) is 4.84. The standard InChI is InChI=1S/C17H23N3/c1-2-14(3-1)12-15-6-7-18-17(13-15)20-10-8-19(9-11-20)16-4-5-16/h6-7,12-13,16H,1-5,8-11H2. The minimum atomic E-state index is 0.903. The number of piperazine rings is 1. The number of anilines is 1. The first kappa shape index (κ1) is 12.4. The molecule has 0 aromatic carbocycles. The average molecular weight is 269 g/mol. The van der Waals surface area contributed by atoms with E-state index in [1.807, 2.05) is 6.20 Å². The van der Waals surface area contributed by atoms with Gasteiger partial charge in [0, 0.05) is 38.4 Å². The molecular weight excluding hydrogens is 246 g/mol. The van der Waals surface area contributed by atoms with Crippen LogP contribution >= 0.6 is 0 Å². The van der Waals surface area contributed by atoms with Crippen molar-refractivity contribution < 1.29 is 0 Å². The molecule has 3 heteroatoms. The second kappa shape index (κ2) is 5.21. The Hall–Kier alpha value is -1.35. The largest absolute Gasteiger partial charge is 0.354 e. The summed E-state index contributed by atoms with van der Waals surface area (Å²) in [6.07, 6.45) is 11.1. The van der Waals surface area contributed by atoms with E-state index in [0.717, 1.165) is 24.9 Å². The van der Waals surface area contributed by atoms with Gasteiger partial charge in [-0.2, -0.15) is 0 Å².